The smallest absolute Gasteiger partial charge is 0.410 e. The third-order valence-electron chi connectivity index (χ3n) is 10.0. The van der Waals surface area contributed by atoms with Gasteiger partial charge < -0.3 is 24.6 Å². The lowest BCUT2D eigenvalue weighted by Gasteiger charge is -2.34. The van der Waals surface area contributed by atoms with E-state index < -0.39 is 36.0 Å². The van der Waals surface area contributed by atoms with Gasteiger partial charge in [0, 0.05) is 55.9 Å². The molecule has 1 amide bonds. The topological polar surface area (TPSA) is 112 Å². The molecule has 6 atom stereocenters. The standard InChI is InChI=1S/C38H57N3O6/c1-28(33-17-9-10-22-39-33)13-11-14-29(2)36-30(3)18-19-34(38(4,45)21-20-32(42)27-35(43)47-36)46-37(44)41-24-12-23-40(25-26-41)31-15-7-5-6-8-16-31/h9-11,13-14,17-19,22,28,30-32,34,36,42,45H,5-8,12,15-16,20-21,23-27H2,1-4H3/b13-11+,19-18+,29-14+/t28-,30-,32-,34-,36+,38-/m0/s1. The maximum atomic E-state index is 13.6. The average molecular weight is 652 g/mol. The summed E-state index contributed by atoms with van der Waals surface area (Å²) < 4.78 is 12.0. The lowest BCUT2D eigenvalue weighted by molar-refractivity contribution is -0.151. The first kappa shape index (κ1) is 36.8. The van der Waals surface area contributed by atoms with Crippen LogP contribution in [0.3, 0.4) is 0 Å². The summed E-state index contributed by atoms with van der Waals surface area (Å²) in [6.07, 6.45) is 16.9. The van der Waals surface area contributed by atoms with Crippen molar-refractivity contribution in [2.24, 2.45) is 5.92 Å². The van der Waals surface area contributed by atoms with Crippen molar-refractivity contribution in [1.29, 1.82) is 0 Å². The van der Waals surface area contributed by atoms with Gasteiger partial charge in [0.05, 0.1) is 12.5 Å². The number of aromatic nitrogens is 1. The number of hydrogen-bond acceptors (Lipinski definition) is 8. The molecule has 0 bridgehead atoms. The molecule has 9 nitrogen and oxygen atoms in total. The highest BCUT2D eigenvalue weighted by molar-refractivity contribution is 5.70. The molecule has 0 spiro atoms. The highest BCUT2D eigenvalue weighted by atomic mass is 16.6. The minimum absolute atomic E-state index is 0.105. The van der Waals surface area contributed by atoms with Crippen LogP contribution in [0, 0.1) is 5.92 Å². The molecule has 0 radical (unpaired) electrons. The summed E-state index contributed by atoms with van der Waals surface area (Å²) >= 11 is 0. The molecule has 1 saturated heterocycles. The number of allylic oxidation sites excluding steroid dienone is 3. The number of carbonyl (C=O) groups is 2. The molecule has 4 rings (SSSR count). The van der Waals surface area contributed by atoms with E-state index >= 15 is 0 Å². The van der Waals surface area contributed by atoms with E-state index in [1.54, 1.807) is 24.1 Å². The van der Waals surface area contributed by atoms with E-state index in [4.69, 9.17) is 9.47 Å². The Morgan fingerprint density at radius 1 is 1.09 bits per heavy atom. The van der Waals surface area contributed by atoms with Gasteiger partial charge >= 0.3 is 12.1 Å². The van der Waals surface area contributed by atoms with E-state index in [1.807, 2.05) is 56.4 Å². The normalized spacial score (nSPS) is 31.1. The number of hydrogen-bond donors (Lipinski definition) is 2. The molecule has 2 N–H and O–H groups in total. The molecular formula is C38H57N3O6. The Bertz CT molecular complexity index is 1220. The molecule has 3 aliphatic rings. The van der Waals surface area contributed by atoms with Crippen LogP contribution in [0.25, 0.3) is 0 Å². The summed E-state index contributed by atoms with van der Waals surface area (Å²) in [5.41, 5.74) is 0.343. The van der Waals surface area contributed by atoms with Gasteiger partial charge in [-0.1, -0.05) is 69.9 Å². The SMILES string of the molecule is C/C(=C\C=C\[C@H](C)c1ccccn1)[C@H]1OC(=O)C[C@@H](O)CC[C@](C)(O)[C@@H](OC(=O)N2CCCN(C3CCCCCC3)CC2)/C=C/[C@@H]1C. The Kier molecular flexibility index (Phi) is 14.1. The highest BCUT2D eigenvalue weighted by Gasteiger charge is 2.37. The minimum atomic E-state index is -1.45. The van der Waals surface area contributed by atoms with Gasteiger partial charge in [-0.3, -0.25) is 14.7 Å². The van der Waals surface area contributed by atoms with Crippen molar-refractivity contribution in [2.45, 2.75) is 128 Å². The fourth-order valence-corrected chi connectivity index (χ4v) is 6.95. The second-order valence-electron chi connectivity index (χ2n) is 14.1. The van der Waals surface area contributed by atoms with Crippen molar-refractivity contribution in [2.75, 3.05) is 26.2 Å². The summed E-state index contributed by atoms with van der Waals surface area (Å²) in [6, 6.07) is 6.43. The van der Waals surface area contributed by atoms with Crippen LogP contribution in [0.15, 0.2) is 60.3 Å². The van der Waals surface area contributed by atoms with Gasteiger partial charge in [-0.05, 0) is 69.7 Å². The number of carbonyl (C=O) groups excluding carboxylic acids is 2. The molecule has 0 unspecified atom stereocenters. The Morgan fingerprint density at radius 3 is 2.57 bits per heavy atom. The van der Waals surface area contributed by atoms with Crippen LogP contribution < -0.4 is 0 Å². The monoisotopic (exact) mass is 651 g/mol. The van der Waals surface area contributed by atoms with E-state index in [-0.39, 0.29) is 31.1 Å². The predicted octanol–water partition coefficient (Wildman–Crippen LogP) is 6.32. The summed E-state index contributed by atoms with van der Waals surface area (Å²) in [6.45, 7) is 10.6. The minimum Gasteiger partial charge on any atom is -0.457 e. The van der Waals surface area contributed by atoms with E-state index in [9.17, 15) is 19.8 Å². The number of cyclic esters (lactones) is 1. The molecule has 1 saturated carbocycles. The maximum Gasteiger partial charge on any atom is 0.410 e. The first-order valence-electron chi connectivity index (χ1n) is 17.8. The molecule has 260 valence electrons. The third-order valence-corrected chi connectivity index (χ3v) is 10.0. The number of rotatable bonds is 6. The molecular weight excluding hydrogens is 594 g/mol. The Morgan fingerprint density at radius 2 is 1.85 bits per heavy atom. The zero-order chi connectivity index (χ0) is 33.8. The van der Waals surface area contributed by atoms with Gasteiger partial charge in [-0.2, -0.15) is 0 Å². The maximum absolute atomic E-state index is 13.6. The zero-order valence-electron chi connectivity index (χ0n) is 28.9. The van der Waals surface area contributed by atoms with Gasteiger partial charge in [0.15, 0.2) is 6.10 Å². The molecule has 0 aromatic carbocycles. The van der Waals surface area contributed by atoms with Crippen molar-refractivity contribution in [1.82, 2.24) is 14.8 Å². The predicted molar refractivity (Wildman–Crippen MR) is 184 cm³/mol. The first-order valence-corrected chi connectivity index (χ1v) is 17.8. The quantitative estimate of drug-likeness (QED) is 0.159. The van der Waals surface area contributed by atoms with Crippen LogP contribution in [-0.4, -0.2) is 93.2 Å². The first-order chi connectivity index (χ1) is 22.5. The van der Waals surface area contributed by atoms with Gasteiger partial charge in [0.1, 0.15) is 11.7 Å². The van der Waals surface area contributed by atoms with Crippen LogP contribution >= 0.6 is 0 Å². The summed E-state index contributed by atoms with van der Waals surface area (Å²) in [5.74, 6) is -0.686. The lowest BCUT2D eigenvalue weighted by Crippen LogP contribution is -2.46. The van der Waals surface area contributed by atoms with Crippen LogP contribution in [0.2, 0.25) is 0 Å². The second kappa shape index (κ2) is 17.9. The fraction of sp³-hybridized carbons (Fsp3) is 0.658. The molecule has 2 aliphatic heterocycles. The largest absolute Gasteiger partial charge is 0.457 e. The number of pyridine rings is 1. The number of aliphatic hydroxyl groups is 2. The average Bonchev–Trinajstić information content (AvgIpc) is 3.48. The van der Waals surface area contributed by atoms with Crippen LogP contribution in [0.5, 0.6) is 0 Å². The van der Waals surface area contributed by atoms with Crippen molar-refractivity contribution in [3.63, 3.8) is 0 Å². The third kappa shape index (κ3) is 11.3. The van der Waals surface area contributed by atoms with Gasteiger partial charge in [-0.15, -0.1) is 0 Å². The molecule has 1 aliphatic carbocycles. The van der Waals surface area contributed by atoms with E-state index in [0.29, 0.717) is 19.1 Å². The molecule has 1 aromatic rings. The van der Waals surface area contributed by atoms with Crippen molar-refractivity contribution < 1.29 is 29.3 Å². The molecule has 47 heavy (non-hydrogen) atoms. The highest BCUT2D eigenvalue weighted by Crippen LogP contribution is 2.28. The van der Waals surface area contributed by atoms with Crippen LogP contribution in [0.4, 0.5) is 4.79 Å². The summed E-state index contributed by atoms with van der Waals surface area (Å²) in [7, 11) is 0. The Balaban J connectivity index is 1.47. The molecule has 1 aromatic heterocycles. The van der Waals surface area contributed by atoms with E-state index in [1.165, 1.54) is 38.5 Å². The Labute approximate surface area is 281 Å². The lowest BCUT2D eigenvalue weighted by atomic mass is 9.88. The van der Waals surface area contributed by atoms with Crippen LogP contribution in [-0.2, 0) is 14.3 Å². The fourth-order valence-electron chi connectivity index (χ4n) is 6.95. The number of esters is 1. The zero-order valence-corrected chi connectivity index (χ0v) is 28.9. The van der Waals surface area contributed by atoms with Crippen molar-refractivity contribution >= 4 is 12.1 Å². The number of nitrogens with zero attached hydrogens (tertiary/aromatic N) is 3. The van der Waals surface area contributed by atoms with Gasteiger partial charge in [-0.25, -0.2) is 4.79 Å². The van der Waals surface area contributed by atoms with Crippen molar-refractivity contribution in [3.8, 4) is 0 Å². The van der Waals surface area contributed by atoms with E-state index in [0.717, 1.165) is 30.8 Å². The summed E-state index contributed by atoms with van der Waals surface area (Å²) in [4.78, 5) is 35.2. The summed E-state index contributed by atoms with van der Waals surface area (Å²) in [5, 5.41) is 22.2. The molecule has 2 fully saturated rings. The second-order valence-corrected chi connectivity index (χ2v) is 14.1. The number of amides is 1. The number of aliphatic hydroxyl groups excluding tert-OH is 1. The van der Waals surface area contributed by atoms with E-state index in [2.05, 4.69) is 16.8 Å². The number of ether oxygens (including phenoxy) is 2. The Hall–Kier alpha value is -3.01. The van der Waals surface area contributed by atoms with Crippen molar-refractivity contribution in [3.05, 3.63) is 66.0 Å². The molecule has 9 heteroatoms. The van der Waals surface area contributed by atoms with Gasteiger partial charge in [0.25, 0.3) is 0 Å². The van der Waals surface area contributed by atoms with Gasteiger partial charge in [0.2, 0.25) is 0 Å². The molecule has 3 heterocycles. The van der Waals surface area contributed by atoms with Crippen LogP contribution in [0.1, 0.15) is 104 Å².